The highest BCUT2D eigenvalue weighted by Gasteiger charge is 2.52. The van der Waals surface area contributed by atoms with Gasteiger partial charge in [0.05, 0.1) is 17.2 Å². The van der Waals surface area contributed by atoms with Crippen molar-refractivity contribution >= 4 is 39.6 Å². The molecular weight excluding hydrogens is 450 g/mol. The number of carbonyl (C=O) groups is 1. The molecule has 4 aliphatic heterocycles. The normalized spacial score (nSPS) is 31.2. The summed E-state index contributed by atoms with van der Waals surface area (Å²) in [4.78, 5) is 15.1. The Morgan fingerprint density at radius 2 is 2.03 bits per heavy atom. The molecule has 4 bridgehead atoms. The van der Waals surface area contributed by atoms with E-state index < -0.39 is 0 Å². The minimum atomic E-state index is -0.221. The van der Waals surface area contributed by atoms with Gasteiger partial charge in [0.15, 0.2) is 0 Å². The third-order valence-corrected chi connectivity index (χ3v) is 8.01. The van der Waals surface area contributed by atoms with E-state index in [4.69, 9.17) is 16.3 Å². The molecule has 2 aromatic rings. The molecule has 4 heterocycles. The van der Waals surface area contributed by atoms with E-state index in [1.807, 2.05) is 42.5 Å². The van der Waals surface area contributed by atoms with Crippen LogP contribution in [0.5, 0.6) is 0 Å². The fourth-order valence-electron chi connectivity index (χ4n) is 5.44. The first-order valence-electron chi connectivity index (χ1n) is 10.2. The number of hydrogen-bond acceptors (Lipinski definition) is 3. The first kappa shape index (κ1) is 19.3. The number of hydrogen-bond donors (Lipinski definition) is 0. The molecule has 0 amide bonds. The van der Waals surface area contributed by atoms with Crippen LogP contribution in [0.1, 0.15) is 35.2 Å². The number of esters is 1. The largest absolute Gasteiger partial charge is 0.462 e. The van der Waals surface area contributed by atoms with Crippen LogP contribution in [0.3, 0.4) is 0 Å². The zero-order chi connectivity index (χ0) is 20.0. The summed E-state index contributed by atoms with van der Waals surface area (Å²) in [6.45, 7) is 1.52. The predicted octanol–water partition coefficient (Wildman–Crippen LogP) is 5.83. The van der Waals surface area contributed by atoms with E-state index in [0.717, 1.165) is 21.6 Å². The van der Waals surface area contributed by atoms with Crippen LogP contribution in [-0.4, -0.2) is 36.1 Å². The van der Waals surface area contributed by atoms with Crippen molar-refractivity contribution in [3.63, 3.8) is 0 Å². The van der Waals surface area contributed by atoms with Crippen molar-refractivity contribution in [3.05, 3.63) is 74.7 Å². The van der Waals surface area contributed by atoms with Crippen LogP contribution in [0.15, 0.2) is 58.6 Å². The number of piperidine rings is 3. The molecule has 0 spiro atoms. The first-order chi connectivity index (χ1) is 14.1. The van der Waals surface area contributed by atoms with Gasteiger partial charge in [-0.1, -0.05) is 47.5 Å². The van der Waals surface area contributed by atoms with Gasteiger partial charge in [-0.2, -0.15) is 0 Å². The Labute approximate surface area is 184 Å². The lowest BCUT2D eigenvalue weighted by Crippen LogP contribution is -2.57. The van der Waals surface area contributed by atoms with Crippen LogP contribution in [0.2, 0.25) is 5.02 Å². The quantitative estimate of drug-likeness (QED) is 0.525. The predicted molar refractivity (Wildman–Crippen MR) is 119 cm³/mol. The number of halogens is 2. The van der Waals surface area contributed by atoms with E-state index in [0.29, 0.717) is 36.1 Å². The third kappa shape index (κ3) is 3.67. The second kappa shape index (κ2) is 7.90. The molecule has 5 heteroatoms. The van der Waals surface area contributed by atoms with Gasteiger partial charge in [0.1, 0.15) is 0 Å². The molecule has 29 heavy (non-hydrogen) atoms. The standard InChI is InChI=1S/C24H23BrClNO2/c25-21-8-6-15(11-22(21)26)10-17-13-27-18-7-9-23(27)20(19(17)12-18)14-29-24(28)16-4-2-1-3-5-16/h1-6,8,10-11,18-20,23H,7,9,12-14H2/b17-10+. The molecular formula is C24H23BrClNO2. The van der Waals surface area contributed by atoms with Crippen molar-refractivity contribution in [2.45, 2.75) is 31.3 Å². The number of benzene rings is 2. The zero-order valence-corrected chi connectivity index (χ0v) is 18.4. The molecule has 4 fully saturated rings. The Hall–Kier alpha value is -1.62. The highest BCUT2D eigenvalue weighted by atomic mass is 79.9. The van der Waals surface area contributed by atoms with E-state index in [9.17, 15) is 4.79 Å². The van der Waals surface area contributed by atoms with Crippen LogP contribution in [0.4, 0.5) is 0 Å². The molecule has 5 unspecified atom stereocenters. The second-order valence-electron chi connectivity index (χ2n) is 8.33. The maximum absolute atomic E-state index is 12.5. The first-order valence-corrected chi connectivity index (χ1v) is 11.4. The zero-order valence-electron chi connectivity index (χ0n) is 16.1. The van der Waals surface area contributed by atoms with Gasteiger partial charge in [-0.05, 0) is 70.9 Å². The summed E-state index contributed by atoms with van der Waals surface area (Å²) in [5.41, 5.74) is 3.20. The summed E-state index contributed by atoms with van der Waals surface area (Å²) in [5, 5.41) is 0.731. The van der Waals surface area contributed by atoms with E-state index in [-0.39, 0.29) is 5.97 Å². The van der Waals surface area contributed by atoms with Gasteiger partial charge in [-0.25, -0.2) is 4.79 Å². The summed E-state index contributed by atoms with van der Waals surface area (Å²) in [6.07, 6.45) is 5.94. The second-order valence-corrected chi connectivity index (χ2v) is 9.60. The van der Waals surface area contributed by atoms with Gasteiger partial charge in [-0.15, -0.1) is 0 Å². The van der Waals surface area contributed by atoms with Gasteiger partial charge >= 0.3 is 5.97 Å². The maximum atomic E-state index is 12.5. The minimum absolute atomic E-state index is 0.221. The Balaban J connectivity index is 1.36. The third-order valence-electron chi connectivity index (χ3n) is 6.78. The Morgan fingerprint density at radius 3 is 2.83 bits per heavy atom. The molecule has 2 aromatic carbocycles. The fraction of sp³-hybridized carbons (Fsp3) is 0.375. The molecule has 0 aliphatic carbocycles. The van der Waals surface area contributed by atoms with Gasteiger partial charge in [0.2, 0.25) is 0 Å². The Kier molecular flexibility index (Phi) is 5.27. The van der Waals surface area contributed by atoms with Gasteiger partial charge in [0, 0.05) is 29.0 Å². The number of ether oxygens (including phenoxy) is 1. The average Bonchev–Trinajstić information content (AvgIpc) is 3.06. The minimum Gasteiger partial charge on any atom is -0.462 e. The molecule has 150 valence electrons. The van der Waals surface area contributed by atoms with E-state index in [1.54, 1.807) is 0 Å². The number of rotatable bonds is 4. The average molecular weight is 473 g/mol. The lowest BCUT2D eigenvalue weighted by Gasteiger charge is -2.51. The van der Waals surface area contributed by atoms with Crippen molar-refractivity contribution in [1.82, 2.24) is 4.90 Å². The number of nitrogens with zero attached hydrogens (tertiary/aromatic N) is 1. The van der Waals surface area contributed by atoms with Crippen LogP contribution < -0.4 is 0 Å². The smallest absolute Gasteiger partial charge is 0.338 e. The maximum Gasteiger partial charge on any atom is 0.338 e. The van der Waals surface area contributed by atoms with Gasteiger partial charge < -0.3 is 4.74 Å². The molecule has 4 aliphatic rings. The molecule has 4 saturated heterocycles. The van der Waals surface area contributed by atoms with Crippen molar-refractivity contribution in [2.75, 3.05) is 13.2 Å². The number of carbonyl (C=O) groups excluding carboxylic acids is 1. The monoisotopic (exact) mass is 471 g/mol. The van der Waals surface area contributed by atoms with Gasteiger partial charge in [-0.3, -0.25) is 4.90 Å². The summed E-state index contributed by atoms with van der Waals surface area (Å²) in [6, 6.07) is 16.6. The van der Waals surface area contributed by atoms with E-state index in [2.05, 4.69) is 33.0 Å². The van der Waals surface area contributed by atoms with Crippen molar-refractivity contribution in [2.24, 2.45) is 11.8 Å². The summed E-state index contributed by atoms with van der Waals surface area (Å²) in [7, 11) is 0. The lowest BCUT2D eigenvalue weighted by molar-refractivity contribution is -0.0150. The van der Waals surface area contributed by atoms with Crippen LogP contribution >= 0.6 is 27.5 Å². The SMILES string of the molecule is O=C(OCC1C2CC3CCC1N3C/C2=C\c1ccc(Br)c(Cl)c1)c1ccccc1. The summed E-state index contributed by atoms with van der Waals surface area (Å²) < 4.78 is 6.70. The molecule has 3 nitrogen and oxygen atoms in total. The van der Waals surface area contributed by atoms with E-state index >= 15 is 0 Å². The van der Waals surface area contributed by atoms with Crippen molar-refractivity contribution in [3.8, 4) is 0 Å². The topological polar surface area (TPSA) is 29.5 Å². The lowest BCUT2D eigenvalue weighted by atomic mass is 9.71. The Morgan fingerprint density at radius 1 is 1.21 bits per heavy atom. The van der Waals surface area contributed by atoms with Crippen LogP contribution in [0.25, 0.3) is 6.08 Å². The highest BCUT2D eigenvalue weighted by Crippen LogP contribution is 2.50. The number of fused-ring (bicyclic) bond motifs is 1. The summed E-state index contributed by atoms with van der Waals surface area (Å²) in [5.74, 6) is 0.623. The molecule has 6 rings (SSSR count). The molecule has 0 saturated carbocycles. The Bertz CT molecular complexity index is 961. The van der Waals surface area contributed by atoms with Gasteiger partial charge in [0.25, 0.3) is 0 Å². The molecule has 0 N–H and O–H groups in total. The van der Waals surface area contributed by atoms with Crippen molar-refractivity contribution < 1.29 is 9.53 Å². The molecule has 0 aromatic heterocycles. The fourth-order valence-corrected chi connectivity index (χ4v) is 5.88. The van der Waals surface area contributed by atoms with Crippen molar-refractivity contribution in [1.29, 1.82) is 0 Å². The molecule has 5 atom stereocenters. The highest BCUT2D eigenvalue weighted by molar-refractivity contribution is 9.10. The van der Waals surface area contributed by atoms with E-state index in [1.165, 1.54) is 24.8 Å². The summed E-state index contributed by atoms with van der Waals surface area (Å²) >= 11 is 9.76. The van der Waals surface area contributed by atoms with Crippen LogP contribution in [-0.2, 0) is 4.74 Å². The van der Waals surface area contributed by atoms with Crippen LogP contribution in [0, 0.1) is 11.8 Å². The molecule has 0 radical (unpaired) electrons.